The van der Waals surface area contributed by atoms with Crippen molar-refractivity contribution in [3.63, 3.8) is 0 Å². The van der Waals surface area contributed by atoms with Gasteiger partial charge in [-0.2, -0.15) is 0 Å². The first-order valence-electron chi connectivity index (χ1n) is 9.46. The highest BCUT2D eigenvalue weighted by atomic mass is 16.2. The molecule has 1 aliphatic heterocycles. The number of amides is 1. The third kappa shape index (κ3) is 3.56. The number of anilines is 3. The molecule has 4 rings (SSSR count). The average molecular weight is 357 g/mol. The predicted octanol–water partition coefficient (Wildman–Crippen LogP) is 5.33. The number of benzene rings is 2. The Morgan fingerprint density at radius 2 is 1.81 bits per heavy atom. The van der Waals surface area contributed by atoms with E-state index in [1.165, 1.54) is 18.4 Å². The Kier molecular flexibility index (Phi) is 4.88. The summed E-state index contributed by atoms with van der Waals surface area (Å²) in [6.07, 6.45) is 6.94. The summed E-state index contributed by atoms with van der Waals surface area (Å²) in [6, 6.07) is 18.2. The minimum atomic E-state index is 0.0449. The fourth-order valence-electron chi connectivity index (χ4n) is 3.49. The Balaban J connectivity index is 1.58. The molecule has 4 nitrogen and oxygen atoms in total. The van der Waals surface area contributed by atoms with Crippen LogP contribution in [0.4, 0.5) is 17.1 Å². The van der Waals surface area contributed by atoms with E-state index in [4.69, 9.17) is 0 Å². The molecule has 3 aromatic rings. The highest BCUT2D eigenvalue weighted by Crippen LogP contribution is 2.34. The van der Waals surface area contributed by atoms with Gasteiger partial charge in [0, 0.05) is 23.8 Å². The van der Waals surface area contributed by atoms with Crippen molar-refractivity contribution in [1.29, 1.82) is 0 Å². The molecule has 0 aliphatic carbocycles. The molecule has 1 amide bonds. The summed E-state index contributed by atoms with van der Waals surface area (Å²) >= 11 is 0. The second-order valence-corrected chi connectivity index (χ2v) is 6.86. The quantitative estimate of drug-likeness (QED) is 0.649. The number of hydrogen-bond acceptors (Lipinski definition) is 3. The van der Waals surface area contributed by atoms with Gasteiger partial charge in [0.05, 0.1) is 17.8 Å². The summed E-state index contributed by atoms with van der Waals surface area (Å²) in [6.45, 7) is 2.81. The molecule has 2 aromatic carbocycles. The number of carbonyl (C=O) groups excluding carboxylic acids is 1. The second kappa shape index (κ2) is 7.62. The molecular weight excluding hydrogens is 334 g/mol. The van der Waals surface area contributed by atoms with Gasteiger partial charge in [-0.25, -0.2) is 0 Å². The molecule has 27 heavy (non-hydrogen) atoms. The highest BCUT2D eigenvalue weighted by molar-refractivity contribution is 6.13. The molecule has 1 aliphatic rings. The molecule has 0 bridgehead atoms. The van der Waals surface area contributed by atoms with E-state index in [2.05, 4.69) is 41.5 Å². The van der Waals surface area contributed by atoms with Gasteiger partial charge in [-0.1, -0.05) is 37.6 Å². The Morgan fingerprint density at radius 1 is 1.04 bits per heavy atom. The molecule has 0 saturated carbocycles. The first-order chi connectivity index (χ1) is 13.3. The maximum atomic E-state index is 13.1. The van der Waals surface area contributed by atoms with Gasteiger partial charge >= 0.3 is 0 Å². The van der Waals surface area contributed by atoms with Gasteiger partial charge in [0.1, 0.15) is 0 Å². The van der Waals surface area contributed by atoms with Crippen LogP contribution >= 0.6 is 0 Å². The molecule has 0 atom stereocenters. The molecule has 4 heteroatoms. The summed E-state index contributed by atoms with van der Waals surface area (Å²) in [5, 5.41) is 3.35. The Labute approximate surface area is 159 Å². The maximum absolute atomic E-state index is 13.1. The van der Waals surface area contributed by atoms with E-state index in [0.29, 0.717) is 6.54 Å². The third-order valence-corrected chi connectivity index (χ3v) is 4.96. The molecule has 0 fully saturated rings. The summed E-state index contributed by atoms with van der Waals surface area (Å²) in [5.74, 6) is 0.0449. The van der Waals surface area contributed by atoms with Crippen molar-refractivity contribution in [3.05, 3.63) is 83.7 Å². The van der Waals surface area contributed by atoms with E-state index >= 15 is 0 Å². The van der Waals surface area contributed by atoms with Crippen LogP contribution in [0.3, 0.4) is 0 Å². The fraction of sp³-hybridized carbons (Fsp3) is 0.217. The lowest BCUT2D eigenvalue weighted by Gasteiger charge is -2.16. The number of unbranched alkanes of at least 4 members (excludes halogenated alkanes) is 1. The topological polar surface area (TPSA) is 45.2 Å². The Morgan fingerprint density at radius 3 is 2.56 bits per heavy atom. The zero-order chi connectivity index (χ0) is 18.6. The van der Waals surface area contributed by atoms with E-state index in [1.54, 1.807) is 12.4 Å². The lowest BCUT2D eigenvalue weighted by Crippen LogP contribution is -2.23. The van der Waals surface area contributed by atoms with Crippen molar-refractivity contribution in [2.45, 2.75) is 32.7 Å². The third-order valence-electron chi connectivity index (χ3n) is 4.96. The van der Waals surface area contributed by atoms with Crippen LogP contribution in [0, 0.1) is 0 Å². The van der Waals surface area contributed by atoms with Crippen molar-refractivity contribution < 1.29 is 4.79 Å². The number of rotatable bonds is 6. The lowest BCUT2D eigenvalue weighted by molar-refractivity contribution is 0.0997. The van der Waals surface area contributed by atoms with E-state index < -0.39 is 0 Å². The van der Waals surface area contributed by atoms with Crippen LogP contribution < -0.4 is 10.2 Å². The zero-order valence-electron chi connectivity index (χ0n) is 15.5. The first-order valence-corrected chi connectivity index (χ1v) is 9.46. The minimum absolute atomic E-state index is 0.0449. The average Bonchev–Trinajstić information content (AvgIpc) is 3.05. The van der Waals surface area contributed by atoms with Gasteiger partial charge in [0.25, 0.3) is 5.91 Å². The van der Waals surface area contributed by atoms with Crippen LogP contribution in [-0.2, 0) is 13.0 Å². The van der Waals surface area contributed by atoms with Crippen LogP contribution in [0.15, 0.2) is 67.0 Å². The van der Waals surface area contributed by atoms with Gasteiger partial charge in [-0.15, -0.1) is 0 Å². The number of nitrogens with one attached hydrogen (secondary N) is 1. The highest BCUT2D eigenvalue weighted by Gasteiger charge is 2.30. The number of carbonyl (C=O) groups is 1. The van der Waals surface area contributed by atoms with Crippen LogP contribution in [0.1, 0.15) is 41.3 Å². The van der Waals surface area contributed by atoms with Gasteiger partial charge in [0.15, 0.2) is 0 Å². The first kappa shape index (κ1) is 17.3. The van der Waals surface area contributed by atoms with Crippen LogP contribution in [0.2, 0.25) is 0 Å². The minimum Gasteiger partial charge on any atom is -0.355 e. The van der Waals surface area contributed by atoms with Gasteiger partial charge in [-0.3, -0.25) is 9.78 Å². The normalized spacial score (nSPS) is 12.9. The summed E-state index contributed by atoms with van der Waals surface area (Å²) < 4.78 is 0. The van der Waals surface area contributed by atoms with Crippen molar-refractivity contribution in [2.24, 2.45) is 0 Å². The molecule has 1 N–H and O–H groups in total. The van der Waals surface area contributed by atoms with Crippen molar-refractivity contribution in [1.82, 2.24) is 4.98 Å². The fourth-order valence-corrected chi connectivity index (χ4v) is 3.49. The molecular formula is C23H23N3O. The SMILES string of the molecule is CCCCc1ccc(N2Cc3cccc(Nc4ccncc4)c3C2=O)cc1. The van der Waals surface area contributed by atoms with E-state index in [9.17, 15) is 4.79 Å². The number of aromatic nitrogens is 1. The second-order valence-electron chi connectivity index (χ2n) is 6.86. The molecule has 2 heterocycles. The summed E-state index contributed by atoms with van der Waals surface area (Å²) in [4.78, 5) is 19.0. The molecule has 0 spiro atoms. The predicted molar refractivity (Wildman–Crippen MR) is 110 cm³/mol. The molecule has 0 radical (unpaired) electrons. The van der Waals surface area contributed by atoms with Crippen LogP contribution in [-0.4, -0.2) is 10.9 Å². The van der Waals surface area contributed by atoms with Crippen molar-refractivity contribution in [2.75, 3.05) is 10.2 Å². The van der Waals surface area contributed by atoms with E-state index in [1.807, 2.05) is 35.2 Å². The molecule has 1 aromatic heterocycles. The largest absolute Gasteiger partial charge is 0.355 e. The van der Waals surface area contributed by atoms with E-state index in [-0.39, 0.29) is 5.91 Å². The number of pyridine rings is 1. The lowest BCUT2D eigenvalue weighted by atomic mass is 10.1. The molecule has 0 saturated heterocycles. The van der Waals surface area contributed by atoms with E-state index in [0.717, 1.165) is 34.6 Å². The number of hydrogen-bond donors (Lipinski definition) is 1. The van der Waals surface area contributed by atoms with Gasteiger partial charge < -0.3 is 10.2 Å². The van der Waals surface area contributed by atoms with Crippen LogP contribution in [0.25, 0.3) is 0 Å². The Bertz CT molecular complexity index is 936. The molecule has 0 unspecified atom stereocenters. The van der Waals surface area contributed by atoms with Gasteiger partial charge in [0.2, 0.25) is 0 Å². The van der Waals surface area contributed by atoms with Gasteiger partial charge in [-0.05, 0) is 54.3 Å². The zero-order valence-corrected chi connectivity index (χ0v) is 15.5. The maximum Gasteiger partial charge on any atom is 0.261 e. The number of nitrogens with zero attached hydrogens (tertiary/aromatic N) is 2. The van der Waals surface area contributed by atoms with Crippen molar-refractivity contribution in [3.8, 4) is 0 Å². The standard InChI is InChI=1S/C23H23N3O/c1-2-3-5-17-8-10-20(11-9-17)26-16-18-6-4-7-21(22(18)23(26)27)25-19-12-14-24-15-13-19/h4,6-15H,2-3,5,16H2,1H3,(H,24,25). The number of fused-ring (bicyclic) bond motifs is 1. The van der Waals surface area contributed by atoms with Crippen LogP contribution in [0.5, 0.6) is 0 Å². The molecule has 136 valence electrons. The summed E-state index contributed by atoms with van der Waals surface area (Å²) in [7, 11) is 0. The Hall–Kier alpha value is -3.14. The smallest absolute Gasteiger partial charge is 0.261 e. The number of aryl methyl sites for hydroxylation is 1. The summed E-state index contributed by atoms with van der Waals surface area (Å²) in [5.41, 5.74) is 5.84. The van der Waals surface area contributed by atoms with Crippen molar-refractivity contribution >= 4 is 23.0 Å². The monoisotopic (exact) mass is 357 g/mol.